The van der Waals surface area contributed by atoms with Crippen LogP contribution in [0.25, 0.3) is 16.7 Å². The number of amides is 1. The maximum absolute atomic E-state index is 13.4. The molecule has 1 saturated heterocycles. The lowest BCUT2D eigenvalue weighted by molar-refractivity contribution is -0.127. The number of hydrogen-bond donors (Lipinski definition) is 1. The second-order valence-electron chi connectivity index (χ2n) is 8.20. The summed E-state index contributed by atoms with van der Waals surface area (Å²) in [4.78, 5) is 49.7. The second kappa shape index (κ2) is 9.86. The summed E-state index contributed by atoms with van der Waals surface area (Å²) in [5.74, 6) is 0.482. The Morgan fingerprint density at radius 1 is 1.14 bits per heavy atom. The zero-order valence-corrected chi connectivity index (χ0v) is 20.1. The van der Waals surface area contributed by atoms with Crippen LogP contribution in [0, 0.1) is 18.4 Å². The molecule has 0 aliphatic carbocycles. The number of aliphatic imine (C=N–C) groups is 1. The summed E-state index contributed by atoms with van der Waals surface area (Å²) in [5, 5.41) is 13.9. The molecule has 4 aromatic rings. The summed E-state index contributed by atoms with van der Waals surface area (Å²) in [6, 6.07) is 5.36. The van der Waals surface area contributed by atoms with Crippen molar-refractivity contribution < 1.29 is 14.3 Å². The molecular weight excluding hydrogens is 476 g/mol. The second-order valence-corrected chi connectivity index (χ2v) is 8.20. The van der Waals surface area contributed by atoms with Gasteiger partial charge in [0.1, 0.15) is 23.6 Å². The van der Waals surface area contributed by atoms with Crippen molar-refractivity contribution in [3.8, 4) is 17.8 Å². The van der Waals surface area contributed by atoms with Gasteiger partial charge in [-0.05, 0) is 19.1 Å². The number of H-pyrrole nitrogens is 1. The molecule has 0 unspecified atom stereocenters. The predicted octanol–water partition coefficient (Wildman–Crippen LogP) is 1.11. The molecule has 186 valence electrons. The molecule has 1 amide bonds. The van der Waals surface area contributed by atoms with Crippen molar-refractivity contribution in [2.24, 2.45) is 4.99 Å². The van der Waals surface area contributed by atoms with E-state index < -0.39 is 11.7 Å². The zero-order chi connectivity index (χ0) is 25.9. The number of pyridine rings is 2. The monoisotopic (exact) mass is 498 g/mol. The number of aromatic amines is 1. The van der Waals surface area contributed by atoms with Crippen LogP contribution in [-0.4, -0.2) is 90.3 Å². The van der Waals surface area contributed by atoms with Crippen molar-refractivity contribution in [2.45, 2.75) is 6.92 Å². The van der Waals surface area contributed by atoms with Crippen LogP contribution in [-0.2, 0) is 4.79 Å². The number of carbonyl (C=O) groups is 2. The quantitative estimate of drug-likeness (QED) is 0.140. The van der Waals surface area contributed by atoms with Crippen LogP contribution >= 0.6 is 0 Å². The molecule has 0 atom stereocenters. The molecule has 1 aliphatic rings. The number of Topliss-reactive ketones (excluding diaryl/α,β-unsaturated/α-hetero) is 1. The Balaban J connectivity index is 1.38. The van der Waals surface area contributed by atoms with Crippen LogP contribution in [0.15, 0.2) is 48.1 Å². The molecule has 1 N–H and O–H groups in total. The van der Waals surface area contributed by atoms with Crippen LogP contribution in [0.3, 0.4) is 0 Å². The number of methoxy groups -OCH3 is 1. The lowest BCUT2D eigenvalue weighted by Gasteiger charge is -2.35. The third-order valence-electron chi connectivity index (χ3n) is 6.05. The number of nitriles is 1. The lowest BCUT2D eigenvalue weighted by atomic mass is 10.1. The van der Waals surface area contributed by atoms with Gasteiger partial charge in [0.05, 0.1) is 29.8 Å². The molecule has 0 aromatic carbocycles. The fourth-order valence-electron chi connectivity index (χ4n) is 4.27. The Bertz CT molecular complexity index is 1540. The van der Waals surface area contributed by atoms with Crippen molar-refractivity contribution in [3.63, 3.8) is 0 Å². The van der Waals surface area contributed by atoms with E-state index in [0.717, 1.165) is 0 Å². The normalized spacial score (nSPS) is 14.0. The Kier molecular flexibility index (Phi) is 6.29. The van der Waals surface area contributed by atoms with E-state index in [1.165, 1.54) is 35.4 Å². The number of hydrogen-bond acceptors (Lipinski definition) is 9. The highest BCUT2D eigenvalue weighted by Crippen LogP contribution is 2.31. The minimum Gasteiger partial charge on any atom is -0.494 e. The number of amidine groups is 1. The van der Waals surface area contributed by atoms with Crippen LogP contribution in [0.1, 0.15) is 21.9 Å². The SMILES string of the molecule is COc1cnc(-n2cnc(C)n2)c2[nH]cc(C(=O)C(=O)N3CCN(C(=NC#N)c4ccccn4)CC3)c12. The molecule has 5 rings (SSSR count). The molecule has 1 fully saturated rings. The van der Waals surface area contributed by atoms with E-state index in [2.05, 4.69) is 30.0 Å². The van der Waals surface area contributed by atoms with E-state index in [1.54, 1.807) is 25.3 Å². The number of aromatic nitrogens is 6. The summed E-state index contributed by atoms with van der Waals surface area (Å²) < 4.78 is 6.94. The van der Waals surface area contributed by atoms with Gasteiger partial charge in [0.25, 0.3) is 11.7 Å². The van der Waals surface area contributed by atoms with E-state index in [-0.39, 0.29) is 18.7 Å². The van der Waals surface area contributed by atoms with E-state index >= 15 is 0 Å². The Morgan fingerprint density at radius 3 is 2.57 bits per heavy atom. The Labute approximate surface area is 211 Å². The van der Waals surface area contributed by atoms with Crippen LogP contribution in [0.2, 0.25) is 0 Å². The molecule has 5 heterocycles. The first-order valence-electron chi connectivity index (χ1n) is 11.4. The topological polar surface area (TPSA) is 158 Å². The zero-order valence-electron chi connectivity index (χ0n) is 20.1. The van der Waals surface area contributed by atoms with Gasteiger partial charge in [-0.2, -0.15) is 15.4 Å². The molecular formula is C24H22N10O3. The number of fused-ring (bicyclic) bond motifs is 1. The number of ketones is 1. The maximum atomic E-state index is 13.4. The third-order valence-corrected chi connectivity index (χ3v) is 6.05. The largest absolute Gasteiger partial charge is 0.494 e. The van der Waals surface area contributed by atoms with Crippen molar-refractivity contribution in [3.05, 3.63) is 60.2 Å². The lowest BCUT2D eigenvalue weighted by Crippen LogP contribution is -2.52. The smallest absolute Gasteiger partial charge is 0.295 e. The molecule has 13 heteroatoms. The maximum Gasteiger partial charge on any atom is 0.295 e. The standard InChI is InChI=1S/C24H22N10O3/c1-15-30-14-34(31-15)23-20-19(18(37-2)12-28-23)16(11-27-20)21(35)24(36)33-9-7-32(8-10-33)22(29-13-25)17-5-3-4-6-26-17/h3-6,11-12,14,27H,7-10H2,1-2H3. The van der Waals surface area contributed by atoms with E-state index in [9.17, 15) is 9.59 Å². The number of carbonyl (C=O) groups excluding carboxylic acids is 2. The number of rotatable bonds is 5. The Hall–Kier alpha value is -5.12. The van der Waals surface area contributed by atoms with Crippen LogP contribution < -0.4 is 4.74 Å². The van der Waals surface area contributed by atoms with Gasteiger partial charge in [0.15, 0.2) is 11.7 Å². The average Bonchev–Trinajstić information content (AvgIpc) is 3.58. The van der Waals surface area contributed by atoms with Crippen molar-refractivity contribution in [2.75, 3.05) is 33.3 Å². The molecule has 4 aromatic heterocycles. The highest BCUT2D eigenvalue weighted by molar-refractivity contribution is 6.45. The molecule has 0 spiro atoms. The Morgan fingerprint density at radius 2 is 1.92 bits per heavy atom. The van der Waals surface area contributed by atoms with Crippen molar-refractivity contribution >= 4 is 28.4 Å². The summed E-state index contributed by atoms with van der Waals surface area (Å²) in [7, 11) is 1.47. The first-order valence-corrected chi connectivity index (χ1v) is 11.4. The van der Waals surface area contributed by atoms with Crippen molar-refractivity contribution in [1.82, 2.24) is 39.5 Å². The number of ether oxygens (including phenoxy) is 1. The number of nitrogens with one attached hydrogen (secondary N) is 1. The fraction of sp³-hybridized carbons (Fsp3) is 0.250. The first-order chi connectivity index (χ1) is 18.0. The molecule has 13 nitrogen and oxygen atoms in total. The first kappa shape index (κ1) is 23.6. The number of aryl methyl sites for hydroxylation is 1. The van der Waals surface area contributed by atoms with Gasteiger partial charge in [-0.15, -0.1) is 0 Å². The van der Waals surface area contributed by atoms with Gasteiger partial charge in [0, 0.05) is 38.6 Å². The van der Waals surface area contributed by atoms with Gasteiger partial charge in [-0.3, -0.25) is 14.6 Å². The molecule has 37 heavy (non-hydrogen) atoms. The van der Waals surface area contributed by atoms with Crippen LogP contribution in [0.4, 0.5) is 0 Å². The predicted molar refractivity (Wildman–Crippen MR) is 131 cm³/mol. The summed E-state index contributed by atoms with van der Waals surface area (Å²) in [5.41, 5.74) is 1.25. The summed E-state index contributed by atoms with van der Waals surface area (Å²) in [6.45, 7) is 3.11. The van der Waals surface area contributed by atoms with E-state index in [0.29, 0.717) is 52.9 Å². The van der Waals surface area contributed by atoms with Crippen molar-refractivity contribution in [1.29, 1.82) is 5.26 Å². The van der Waals surface area contributed by atoms with Crippen LogP contribution in [0.5, 0.6) is 5.75 Å². The number of nitrogens with zero attached hydrogens (tertiary/aromatic N) is 9. The average molecular weight is 499 g/mol. The van der Waals surface area contributed by atoms with E-state index in [4.69, 9.17) is 10.00 Å². The summed E-state index contributed by atoms with van der Waals surface area (Å²) >= 11 is 0. The van der Waals surface area contributed by atoms with Gasteiger partial charge in [-0.25, -0.2) is 14.6 Å². The minimum atomic E-state index is -0.666. The van der Waals surface area contributed by atoms with Gasteiger partial charge >= 0.3 is 0 Å². The summed E-state index contributed by atoms with van der Waals surface area (Å²) in [6.07, 6.45) is 7.93. The minimum absolute atomic E-state index is 0.181. The molecule has 0 bridgehead atoms. The highest BCUT2D eigenvalue weighted by Gasteiger charge is 2.31. The highest BCUT2D eigenvalue weighted by atomic mass is 16.5. The molecule has 0 saturated carbocycles. The molecule has 1 aliphatic heterocycles. The molecule has 0 radical (unpaired) electrons. The van der Waals surface area contributed by atoms with Gasteiger partial charge in [0.2, 0.25) is 6.19 Å². The van der Waals surface area contributed by atoms with Gasteiger partial charge < -0.3 is 19.5 Å². The fourth-order valence-corrected chi connectivity index (χ4v) is 4.27. The van der Waals surface area contributed by atoms with E-state index in [1.807, 2.05) is 17.2 Å². The number of piperazine rings is 1. The third kappa shape index (κ3) is 4.36. The van der Waals surface area contributed by atoms with Gasteiger partial charge in [-0.1, -0.05) is 6.07 Å².